The van der Waals surface area contributed by atoms with Crippen LogP contribution in [0.3, 0.4) is 0 Å². The van der Waals surface area contributed by atoms with Gasteiger partial charge in [0.1, 0.15) is 5.82 Å². The van der Waals surface area contributed by atoms with Crippen molar-refractivity contribution >= 4 is 22.5 Å². The number of fused-ring (bicyclic) bond motifs is 1. The van der Waals surface area contributed by atoms with Gasteiger partial charge in [-0.25, -0.2) is 4.98 Å². The van der Waals surface area contributed by atoms with Gasteiger partial charge in [0, 0.05) is 18.7 Å². The van der Waals surface area contributed by atoms with Crippen LogP contribution in [0.25, 0.3) is 11.0 Å². The molecule has 1 aliphatic rings. The average Bonchev–Trinajstić information content (AvgIpc) is 2.53. The van der Waals surface area contributed by atoms with E-state index < -0.39 is 4.92 Å². The Labute approximate surface area is 121 Å². The number of aliphatic hydroxyl groups excluding tert-OH is 1. The highest BCUT2D eigenvalue weighted by Crippen LogP contribution is 2.25. The summed E-state index contributed by atoms with van der Waals surface area (Å²) in [5.74, 6) is 0.718. The van der Waals surface area contributed by atoms with Crippen molar-refractivity contribution in [1.82, 2.24) is 9.97 Å². The topological polar surface area (TPSA) is 92.4 Å². The van der Waals surface area contributed by atoms with E-state index in [0.717, 1.165) is 31.6 Å². The van der Waals surface area contributed by atoms with Crippen molar-refractivity contribution in [3.63, 3.8) is 0 Å². The Bertz CT molecular complexity index is 676. The van der Waals surface area contributed by atoms with E-state index in [1.54, 1.807) is 12.3 Å². The molecule has 1 saturated heterocycles. The van der Waals surface area contributed by atoms with Crippen molar-refractivity contribution in [1.29, 1.82) is 0 Å². The van der Waals surface area contributed by atoms with E-state index in [0.29, 0.717) is 11.0 Å². The van der Waals surface area contributed by atoms with E-state index in [-0.39, 0.29) is 18.3 Å². The number of benzene rings is 1. The van der Waals surface area contributed by atoms with Crippen LogP contribution >= 0.6 is 0 Å². The molecule has 0 amide bonds. The summed E-state index contributed by atoms with van der Waals surface area (Å²) < 4.78 is 0. The summed E-state index contributed by atoms with van der Waals surface area (Å²) in [4.78, 5) is 21.2. The standard InChI is InChI=1S/C14H16N4O3/c19-9-11-3-1-2-6-17(11)14-8-15-13-7-10(18(20)21)4-5-12(13)16-14/h4-5,7-8,11,19H,1-3,6,9H2/t11-/m1/s1. The van der Waals surface area contributed by atoms with Crippen molar-refractivity contribution < 1.29 is 10.0 Å². The number of rotatable bonds is 3. The molecule has 1 aromatic heterocycles. The van der Waals surface area contributed by atoms with Crippen LogP contribution in [-0.2, 0) is 0 Å². The van der Waals surface area contributed by atoms with Gasteiger partial charge in [-0.05, 0) is 25.3 Å². The first-order valence-corrected chi connectivity index (χ1v) is 6.98. The van der Waals surface area contributed by atoms with Crippen molar-refractivity contribution in [3.8, 4) is 0 Å². The SMILES string of the molecule is O=[N+]([O-])c1ccc2nc(N3CCCC[C@@H]3CO)cnc2c1. The zero-order valence-electron chi connectivity index (χ0n) is 11.5. The van der Waals surface area contributed by atoms with E-state index in [1.165, 1.54) is 12.1 Å². The number of nitrogens with zero attached hydrogens (tertiary/aromatic N) is 4. The Balaban J connectivity index is 1.97. The van der Waals surface area contributed by atoms with Gasteiger partial charge in [-0.1, -0.05) is 0 Å². The second kappa shape index (κ2) is 5.61. The van der Waals surface area contributed by atoms with Crippen LogP contribution in [0.4, 0.5) is 11.5 Å². The smallest absolute Gasteiger partial charge is 0.271 e. The van der Waals surface area contributed by atoms with Gasteiger partial charge >= 0.3 is 0 Å². The van der Waals surface area contributed by atoms with Crippen LogP contribution in [0.15, 0.2) is 24.4 Å². The monoisotopic (exact) mass is 288 g/mol. The predicted molar refractivity (Wildman–Crippen MR) is 78.3 cm³/mol. The van der Waals surface area contributed by atoms with E-state index in [2.05, 4.69) is 14.9 Å². The fourth-order valence-corrected chi connectivity index (χ4v) is 2.73. The summed E-state index contributed by atoms with van der Waals surface area (Å²) in [7, 11) is 0. The predicted octanol–water partition coefficient (Wildman–Crippen LogP) is 1.89. The molecular formula is C14H16N4O3. The third-order valence-corrected chi connectivity index (χ3v) is 3.86. The van der Waals surface area contributed by atoms with E-state index in [1.807, 2.05) is 0 Å². The number of non-ortho nitro benzene ring substituents is 1. The summed E-state index contributed by atoms with van der Waals surface area (Å²) in [6, 6.07) is 4.54. The third-order valence-electron chi connectivity index (χ3n) is 3.86. The molecule has 7 nitrogen and oxygen atoms in total. The minimum Gasteiger partial charge on any atom is -0.394 e. The van der Waals surface area contributed by atoms with Crippen LogP contribution < -0.4 is 4.90 Å². The molecule has 2 heterocycles. The molecule has 1 aliphatic heterocycles. The maximum absolute atomic E-state index is 10.8. The lowest BCUT2D eigenvalue weighted by molar-refractivity contribution is -0.384. The van der Waals surface area contributed by atoms with Crippen molar-refractivity contribution in [3.05, 3.63) is 34.5 Å². The summed E-state index contributed by atoms with van der Waals surface area (Å²) in [5, 5.41) is 20.2. The Morgan fingerprint density at radius 3 is 3.00 bits per heavy atom. The van der Waals surface area contributed by atoms with Crippen LogP contribution in [0.1, 0.15) is 19.3 Å². The molecule has 7 heteroatoms. The maximum atomic E-state index is 10.8. The Hall–Kier alpha value is -2.28. The maximum Gasteiger partial charge on any atom is 0.271 e. The highest BCUT2D eigenvalue weighted by atomic mass is 16.6. The number of hydrogen-bond donors (Lipinski definition) is 1. The molecule has 0 saturated carbocycles. The van der Waals surface area contributed by atoms with Crippen LogP contribution in [0, 0.1) is 10.1 Å². The van der Waals surface area contributed by atoms with Crippen molar-refractivity contribution in [2.75, 3.05) is 18.1 Å². The molecule has 110 valence electrons. The van der Waals surface area contributed by atoms with Gasteiger partial charge in [0.2, 0.25) is 0 Å². The van der Waals surface area contributed by atoms with E-state index >= 15 is 0 Å². The quantitative estimate of drug-likeness (QED) is 0.685. The van der Waals surface area contributed by atoms with Crippen LogP contribution in [-0.4, -0.2) is 39.2 Å². The van der Waals surface area contributed by atoms with E-state index in [4.69, 9.17) is 0 Å². The van der Waals surface area contributed by atoms with Gasteiger partial charge in [-0.3, -0.25) is 15.1 Å². The Morgan fingerprint density at radius 1 is 1.38 bits per heavy atom. The molecule has 2 aromatic rings. The van der Waals surface area contributed by atoms with E-state index in [9.17, 15) is 15.2 Å². The fourth-order valence-electron chi connectivity index (χ4n) is 2.73. The second-order valence-electron chi connectivity index (χ2n) is 5.18. The second-order valence-corrected chi connectivity index (χ2v) is 5.18. The minimum atomic E-state index is -0.443. The van der Waals surface area contributed by atoms with Gasteiger partial charge < -0.3 is 10.0 Å². The number of aliphatic hydroxyl groups is 1. The highest BCUT2D eigenvalue weighted by Gasteiger charge is 2.23. The van der Waals surface area contributed by atoms with Crippen molar-refractivity contribution in [2.24, 2.45) is 0 Å². The van der Waals surface area contributed by atoms with Gasteiger partial charge in [0.05, 0.1) is 34.8 Å². The van der Waals surface area contributed by atoms with Gasteiger partial charge in [-0.2, -0.15) is 0 Å². The Morgan fingerprint density at radius 2 is 2.24 bits per heavy atom. The molecule has 0 aliphatic carbocycles. The largest absolute Gasteiger partial charge is 0.394 e. The van der Waals surface area contributed by atoms with Gasteiger partial charge in [-0.15, -0.1) is 0 Å². The van der Waals surface area contributed by atoms with Gasteiger partial charge in [0.25, 0.3) is 5.69 Å². The minimum absolute atomic E-state index is 0.00996. The lowest BCUT2D eigenvalue weighted by Crippen LogP contribution is -2.42. The number of aromatic nitrogens is 2. The summed E-state index contributed by atoms with van der Waals surface area (Å²) in [6.45, 7) is 0.943. The Kier molecular flexibility index (Phi) is 3.66. The number of hydrogen-bond acceptors (Lipinski definition) is 6. The number of nitro benzene ring substituents is 1. The molecule has 0 spiro atoms. The molecule has 21 heavy (non-hydrogen) atoms. The van der Waals surface area contributed by atoms with Crippen LogP contribution in [0.5, 0.6) is 0 Å². The summed E-state index contributed by atoms with van der Waals surface area (Å²) >= 11 is 0. The molecule has 3 rings (SSSR count). The molecule has 0 bridgehead atoms. The molecule has 0 radical (unpaired) electrons. The summed E-state index contributed by atoms with van der Waals surface area (Å²) in [5.41, 5.74) is 1.14. The number of piperidine rings is 1. The molecular weight excluding hydrogens is 272 g/mol. The average molecular weight is 288 g/mol. The summed E-state index contributed by atoms with van der Waals surface area (Å²) in [6.07, 6.45) is 4.74. The van der Waals surface area contributed by atoms with Crippen molar-refractivity contribution in [2.45, 2.75) is 25.3 Å². The first-order valence-electron chi connectivity index (χ1n) is 6.98. The normalized spacial score (nSPS) is 18.9. The molecule has 1 fully saturated rings. The first kappa shape index (κ1) is 13.7. The third kappa shape index (κ3) is 2.64. The van der Waals surface area contributed by atoms with Crippen LogP contribution in [0.2, 0.25) is 0 Å². The highest BCUT2D eigenvalue weighted by molar-refractivity contribution is 5.78. The molecule has 1 atom stereocenters. The zero-order valence-corrected chi connectivity index (χ0v) is 11.5. The van der Waals surface area contributed by atoms with Gasteiger partial charge in [0.15, 0.2) is 0 Å². The lowest BCUT2D eigenvalue weighted by Gasteiger charge is -2.35. The fraction of sp³-hybridized carbons (Fsp3) is 0.429. The lowest BCUT2D eigenvalue weighted by atomic mass is 10.0. The number of nitro groups is 1. The molecule has 1 aromatic carbocycles. The first-order chi connectivity index (χ1) is 10.2. The zero-order chi connectivity index (χ0) is 14.8. The molecule has 0 unspecified atom stereocenters. The molecule has 1 N–H and O–H groups in total. The number of anilines is 1.